The molecule has 4 rings (SSSR count). The van der Waals surface area contributed by atoms with E-state index in [2.05, 4.69) is 41.5 Å². The van der Waals surface area contributed by atoms with Crippen LogP contribution in [0.2, 0.25) is 0 Å². The summed E-state index contributed by atoms with van der Waals surface area (Å²) in [5.41, 5.74) is 4.11. The second-order valence-electron chi connectivity index (χ2n) is 6.66. The van der Waals surface area contributed by atoms with Crippen molar-refractivity contribution < 1.29 is 9.53 Å². The van der Waals surface area contributed by atoms with E-state index in [4.69, 9.17) is 4.74 Å². The van der Waals surface area contributed by atoms with Gasteiger partial charge in [0.05, 0.1) is 10.6 Å². The fourth-order valence-electron chi connectivity index (χ4n) is 2.76. The minimum Gasteiger partial charge on any atom is -0.489 e. The summed E-state index contributed by atoms with van der Waals surface area (Å²) in [6, 6.07) is 25.6. The van der Waals surface area contributed by atoms with Crippen molar-refractivity contribution >= 4 is 34.6 Å². The van der Waals surface area contributed by atoms with Gasteiger partial charge in [0.25, 0.3) is 5.91 Å². The van der Waals surface area contributed by atoms with Crippen molar-refractivity contribution in [1.82, 2.24) is 5.32 Å². The smallest absolute Gasteiger partial charge is 0.264 e. The Kier molecular flexibility index (Phi) is 5.77. The summed E-state index contributed by atoms with van der Waals surface area (Å²) >= 11 is 1.34. The molecule has 3 aromatic rings. The van der Waals surface area contributed by atoms with Gasteiger partial charge in [-0.1, -0.05) is 60.2 Å². The van der Waals surface area contributed by atoms with E-state index in [0.717, 1.165) is 22.6 Å². The normalized spacial score (nSPS) is 16.2. The lowest BCUT2D eigenvalue weighted by atomic mass is 10.1. The second-order valence-corrected chi connectivity index (χ2v) is 7.69. The fourth-order valence-corrected chi connectivity index (χ4v) is 3.60. The first-order valence-corrected chi connectivity index (χ1v) is 10.1. The van der Waals surface area contributed by atoms with Gasteiger partial charge >= 0.3 is 0 Å². The van der Waals surface area contributed by atoms with Gasteiger partial charge in [0.1, 0.15) is 12.4 Å². The van der Waals surface area contributed by atoms with Crippen molar-refractivity contribution in [2.24, 2.45) is 4.99 Å². The molecular formula is C24H20N2O2S. The number of aliphatic imine (C=N–C) groups is 1. The maximum atomic E-state index is 12.2. The monoisotopic (exact) mass is 400 g/mol. The lowest BCUT2D eigenvalue weighted by Crippen LogP contribution is -2.19. The van der Waals surface area contributed by atoms with Crippen molar-refractivity contribution in [2.75, 3.05) is 0 Å². The second kappa shape index (κ2) is 8.80. The lowest BCUT2D eigenvalue weighted by molar-refractivity contribution is -0.115. The average molecular weight is 401 g/mol. The molecule has 0 bridgehead atoms. The molecule has 0 aliphatic carbocycles. The molecule has 0 aromatic heterocycles. The first-order chi connectivity index (χ1) is 14.2. The van der Waals surface area contributed by atoms with E-state index in [9.17, 15) is 4.79 Å². The highest BCUT2D eigenvalue weighted by Gasteiger charge is 2.23. The number of aryl methyl sites for hydroxylation is 1. The van der Waals surface area contributed by atoms with Crippen LogP contribution in [0, 0.1) is 6.92 Å². The van der Waals surface area contributed by atoms with Crippen LogP contribution in [0.5, 0.6) is 5.75 Å². The van der Waals surface area contributed by atoms with Gasteiger partial charge in [-0.3, -0.25) is 4.79 Å². The van der Waals surface area contributed by atoms with Crippen LogP contribution in [0.1, 0.15) is 16.7 Å². The standard InChI is InChI=1S/C24H20N2O2S/c1-17-7-9-19(10-8-17)16-28-21-13-11-18(12-14-21)15-22-23(27)26-24(29-22)25-20-5-3-2-4-6-20/h2-15H,16H2,1H3,(H,25,26,27)/b22-15-. The number of hydrogen-bond donors (Lipinski definition) is 1. The predicted molar refractivity (Wildman–Crippen MR) is 119 cm³/mol. The third kappa shape index (κ3) is 5.15. The Morgan fingerprint density at radius 1 is 0.966 bits per heavy atom. The summed E-state index contributed by atoms with van der Waals surface area (Å²) in [5.74, 6) is 0.659. The van der Waals surface area contributed by atoms with E-state index < -0.39 is 0 Å². The van der Waals surface area contributed by atoms with Gasteiger partial charge in [0.2, 0.25) is 0 Å². The number of benzene rings is 3. The third-order valence-corrected chi connectivity index (χ3v) is 5.25. The number of nitrogens with one attached hydrogen (secondary N) is 1. The summed E-state index contributed by atoms with van der Waals surface area (Å²) in [7, 11) is 0. The van der Waals surface area contributed by atoms with E-state index in [1.807, 2.05) is 60.7 Å². The largest absolute Gasteiger partial charge is 0.489 e. The van der Waals surface area contributed by atoms with Crippen LogP contribution in [0.3, 0.4) is 0 Å². The topological polar surface area (TPSA) is 50.7 Å². The number of amidine groups is 1. The maximum absolute atomic E-state index is 12.2. The van der Waals surface area contributed by atoms with Crippen LogP contribution in [-0.4, -0.2) is 11.1 Å². The van der Waals surface area contributed by atoms with Crippen LogP contribution in [0.4, 0.5) is 5.69 Å². The van der Waals surface area contributed by atoms with Crippen molar-refractivity contribution in [3.63, 3.8) is 0 Å². The van der Waals surface area contributed by atoms with Crippen LogP contribution >= 0.6 is 11.8 Å². The number of nitrogens with zero attached hydrogens (tertiary/aromatic N) is 1. The van der Waals surface area contributed by atoms with Gasteiger partial charge in [-0.2, -0.15) is 0 Å². The molecule has 1 saturated heterocycles. The molecule has 0 saturated carbocycles. The summed E-state index contributed by atoms with van der Waals surface area (Å²) in [6.45, 7) is 2.59. The summed E-state index contributed by atoms with van der Waals surface area (Å²) in [4.78, 5) is 17.3. The van der Waals surface area contributed by atoms with Gasteiger partial charge < -0.3 is 10.1 Å². The number of ether oxygens (including phenoxy) is 1. The van der Waals surface area contributed by atoms with Crippen LogP contribution < -0.4 is 10.1 Å². The Balaban J connectivity index is 1.40. The van der Waals surface area contributed by atoms with Crippen molar-refractivity contribution in [2.45, 2.75) is 13.5 Å². The highest BCUT2D eigenvalue weighted by Crippen LogP contribution is 2.28. The molecule has 1 aliphatic heterocycles. The average Bonchev–Trinajstić information content (AvgIpc) is 3.08. The summed E-state index contributed by atoms with van der Waals surface area (Å²) in [6.07, 6.45) is 1.86. The number of hydrogen-bond acceptors (Lipinski definition) is 4. The Morgan fingerprint density at radius 3 is 2.41 bits per heavy atom. The zero-order valence-corrected chi connectivity index (χ0v) is 16.8. The molecule has 1 N–H and O–H groups in total. The summed E-state index contributed by atoms with van der Waals surface area (Å²) in [5, 5.41) is 3.40. The Bertz CT molecular complexity index is 1060. The molecule has 1 aliphatic rings. The molecule has 1 fully saturated rings. The Hall–Kier alpha value is -3.31. The minimum absolute atomic E-state index is 0.135. The molecule has 0 spiro atoms. The Morgan fingerprint density at radius 2 is 1.69 bits per heavy atom. The molecular weight excluding hydrogens is 380 g/mol. The van der Waals surface area contributed by atoms with Crippen LogP contribution in [0.25, 0.3) is 6.08 Å². The van der Waals surface area contributed by atoms with Gasteiger partial charge in [-0.25, -0.2) is 4.99 Å². The van der Waals surface area contributed by atoms with Crippen molar-refractivity contribution in [3.8, 4) is 5.75 Å². The van der Waals surface area contributed by atoms with Gasteiger partial charge in [0, 0.05) is 0 Å². The quantitative estimate of drug-likeness (QED) is 0.578. The third-order valence-electron chi connectivity index (χ3n) is 4.34. The van der Waals surface area contributed by atoms with E-state index in [1.54, 1.807) is 0 Å². The van der Waals surface area contributed by atoms with Crippen molar-refractivity contribution in [3.05, 3.63) is 100 Å². The lowest BCUT2D eigenvalue weighted by Gasteiger charge is -2.07. The van der Waals surface area contributed by atoms with Crippen LogP contribution in [-0.2, 0) is 11.4 Å². The molecule has 29 heavy (non-hydrogen) atoms. The molecule has 3 aromatic carbocycles. The number of amides is 1. The number of rotatable bonds is 5. The molecule has 0 radical (unpaired) electrons. The van der Waals surface area contributed by atoms with Crippen LogP contribution in [0.15, 0.2) is 88.8 Å². The first-order valence-electron chi connectivity index (χ1n) is 9.29. The van der Waals surface area contributed by atoms with E-state index in [1.165, 1.54) is 17.3 Å². The van der Waals surface area contributed by atoms with Gasteiger partial charge in [-0.15, -0.1) is 0 Å². The van der Waals surface area contributed by atoms with Crippen molar-refractivity contribution in [1.29, 1.82) is 0 Å². The number of thioether (sulfide) groups is 1. The summed E-state index contributed by atoms with van der Waals surface area (Å²) < 4.78 is 5.84. The van der Waals surface area contributed by atoms with Gasteiger partial charge in [0.15, 0.2) is 5.17 Å². The predicted octanol–water partition coefficient (Wildman–Crippen LogP) is 5.47. The molecule has 144 valence electrons. The fraction of sp³-hybridized carbons (Fsp3) is 0.0833. The number of carbonyl (C=O) groups excluding carboxylic acids is 1. The van der Waals surface area contributed by atoms with E-state index >= 15 is 0 Å². The zero-order valence-electron chi connectivity index (χ0n) is 16.0. The van der Waals surface area contributed by atoms with E-state index in [0.29, 0.717) is 16.7 Å². The first kappa shape index (κ1) is 19.0. The number of para-hydroxylation sites is 1. The number of carbonyl (C=O) groups is 1. The molecule has 5 heteroatoms. The molecule has 0 unspecified atom stereocenters. The SMILES string of the molecule is Cc1ccc(COc2ccc(/C=C3\SC(=Nc4ccccc4)NC3=O)cc2)cc1. The molecule has 4 nitrogen and oxygen atoms in total. The highest BCUT2D eigenvalue weighted by molar-refractivity contribution is 8.18. The zero-order chi connectivity index (χ0) is 20.1. The minimum atomic E-state index is -0.135. The van der Waals surface area contributed by atoms with Gasteiger partial charge in [-0.05, 0) is 60.2 Å². The molecule has 1 heterocycles. The highest BCUT2D eigenvalue weighted by atomic mass is 32.2. The Labute approximate surface area is 174 Å². The molecule has 0 atom stereocenters. The maximum Gasteiger partial charge on any atom is 0.264 e. The van der Waals surface area contributed by atoms with E-state index in [-0.39, 0.29) is 5.91 Å². The molecule has 1 amide bonds.